The van der Waals surface area contributed by atoms with Gasteiger partial charge in [-0.1, -0.05) is 24.3 Å². The molecule has 1 N–H and O–H groups in total. The number of hydrogen-bond donors (Lipinski definition) is 1. The molecule has 7 nitrogen and oxygen atoms in total. The van der Waals surface area contributed by atoms with Gasteiger partial charge in [0.15, 0.2) is 0 Å². The molecular weight excluding hydrogens is 416 g/mol. The molecule has 0 radical (unpaired) electrons. The highest BCUT2D eigenvalue weighted by Gasteiger charge is 2.34. The molecule has 0 atom stereocenters. The Bertz CT molecular complexity index is 1030. The van der Waals surface area contributed by atoms with E-state index in [1.807, 2.05) is 17.5 Å². The molecule has 3 heterocycles. The fraction of sp³-hybridized carbons (Fsp3) is 0.400. The summed E-state index contributed by atoms with van der Waals surface area (Å²) in [7, 11) is 0. The van der Waals surface area contributed by atoms with E-state index in [-0.39, 0.29) is 18.2 Å². The Kier molecular flexibility index (Phi) is 5.98. The monoisotopic (exact) mass is 437 g/mol. The van der Waals surface area contributed by atoms with Crippen molar-refractivity contribution >= 4 is 11.3 Å². The molecule has 4 rings (SSSR count). The number of para-hydroxylation sites is 1. The van der Waals surface area contributed by atoms with E-state index in [2.05, 4.69) is 14.7 Å². The molecule has 0 spiro atoms. The fourth-order valence-electron chi connectivity index (χ4n) is 3.56. The standard InChI is InChI=1S/C20H21F2N3O4S/c21-18(22)28-15-5-2-1-4-14(15)12-24-9-7-20(27,8-10-24)13-25-19(26)29-17(23-25)16-6-3-11-30-16/h1-6,11,18,27H,7-10,12-13H2. The van der Waals surface area contributed by atoms with Gasteiger partial charge in [0.25, 0.3) is 5.89 Å². The van der Waals surface area contributed by atoms with Crippen molar-refractivity contribution in [1.82, 2.24) is 14.7 Å². The second-order valence-electron chi connectivity index (χ2n) is 7.29. The van der Waals surface area contributed by atoms with E-state index >= 15 is 0 Å². The van der Waals surface area contributed by atoms with Crippen LogP contribution in [0.4, 0.5) is 8.78 Å². The van der Waals surface area contributed by atoms with Crippen molar-refractivity contribution in [3.63, 3.8) is 0 Å². The maximum Gasteiger partial charge on any atom is 0.437 e. The van der Waals surface area contributed by atoms with Crippen molar-refractivity contribution in [3.8, 4) is 16.5 Å². The molecule has 1 saturated heterocycles. The number of ether oxygens (including phenoxy) is 1. The van der Waals surface area contributed by atoms with Crippen molar-refractivity contribution in [2.24, 2.45) is 0 Å². The topological polar surface area (TPSA) is 80.7 Å². The molecule has 160 valence electrons. The molecule has 0 aliphatic carbocycles. The summed E-state index contributed by atoms with van der Waals surface area (Å²) in [5, 5.41) is 17.0. The van der Waals surface area contributed by atoms with Gasteiger partial charge < -0.3 is 14.3 Å². The van der Waals surface area contributed by atoms with Gasteiger partial charge in [-0.2, -0.15) is 13.5 Å². The molecule has 3 aromatic rings. The van der Waals surface area contributed by atoms with E-state index in [0.717, 1.165) is 9.56 Å². The minimum atomic E-state index is -2.88. The van der Waals surface area contributed by atoms with E-state index in [0.29, 0.717) is 38.0 Å². The van der Waals surface area contributed by atoms with Crippen LogP contribution in [0.5, 0.6) is 5.75 Å². The second kappa shape index (κ2) is 8.66. The Labute approximate surface area is 175 Å². The molecule has 0 bridgehead atoms. The lowest BCUT2D eigenvalue weighted by Crippen LogP contribution is -2.47. The Morgan fingerprint density at radius 1 is 1.23 bits per heavy atom. The van der Waals surface area contributed by atoms with Crippen LogP contribution in [-0.2, 0) is 13.1 Å². The number of piperidine rings is 1. The normalized spacial score (nSPS) is 16.8. The first-order chi connectivity index (χ1) is 14.4. The van der Waals surface area contributed by atoms with Crippen molar-refractivity contribution in [2.45, 2.75) is 38.1 Å². The highest BCUT2D eigenvalue weighted by Crippen LogP contribution is 2.28. The first kappa shape index (κ1) is 20.7. The van der Waals surface area contributed by atoms with Crippen LogP contribution in [0.3, 0.4) is 0 Å². The molecule has 0 amide bonds. The van der Waals surface area contributed by atoms with Gasteiger partial charge in [0.2, 0.25) is 0 Å². The highest BCUT2D eigenvalue weighted by atomic mass is 32.1. The largest absolute Gasteiger partial charge is 0.437 e. The number of benzene rings is 1. The van der Waals surface area contributed by atoms with E-state index < -0.39 is 18.0 Å². The number of likely N-dealkylation sites (tertiary alicyclic amines) is 1. The van der Waals surface area contributed by atoms with E-state index in [9.17, 15) is 18.7 Å². The molecule has 1 aromatic carbocycles. The van der Waals surface area contributed by atoms with Gasteiger partial charge >= 0.3 is 12.4 Å². The van der Waals surface area contributed by atoms with Gasteiger partial charge in [-0.25, -0.2) is 4.79 Å². The van der Waals surface area contributed by atoms with Crippen LogP contribution >= 0.6 is 11.3 Å². The van der Waals surface area contributed by atoms with E-state index in [1.165, 1.54) is 17.4 Å². The number of rotatable bonds is 7. The lowest BCUT2D eigenvalue weighted by Gasteiger charge is -2.37. The average Bonchev–Trinajstić information content (AvgIpc) is 3.35. The van der Waals surface area contributed by atoms with Crippen LogP contribution in [0.15, 0.2) is 51.0 Å². The first-order valence-electron chi connectivity index (χ1n) is 9.51. The molecule has 0 unspecified atom stereocenters. The summed E-state index contributed by atoms with van der Waals surface area (Å²) >= 11 is 1.41. The van der Waals surface area contributed by atoms with Crippen LogP contribution < -0.4 is 10.5 Å². The SMILES string of the molecule is O=c1oc(-c2cccs2)nn1CC1(O)CCN(Cc2ccccc2OC(F)F)CC1. The summed E-state index contributed by atoms with van der Waals surface area (Å²) in [5.41, 5.74) is -0.431. The molecule has 10 heteroatoms. The van der Waals surface area contributed by atoms with Crippen molar-refractivity contribution in [2.75, 3.05) is 13.1 Å². The van der Waals surface area contributed by atoms with Gasteiger partial charge in [-0.05, 0) is 30.4 Å². The van der Waals surface area contributed by atoms with E-state index in [1.54, 1.807) is 18.2 Å². The first-order valence-corrected chi connectivity index (χ1v) is 10.4. The lowest BCUT2D eigenvalue weighted by atomic mass is 9.91. The zero-order valence-corrected chi connectivity index (χ0v) is 16.9. The third-order valence-corrected chi connectivity index (χ3v) is 6.01. The van der Waals surface area contributed by atoms with Crippen molar-refractivity contribution in [1.29, 1.82) is 0 Å². The third kappa shape index (κ3) is 4.77. The van der Waals surface area contributed by atoms with Crippen LogP contribution in [0.25, 0.3) is 10.8 Å². The van der Waals surface area contributed by atoms with Crippen LogP contribution in [-0.4, -0.2) is 45.1 Å². The summed E-state index contributed by atoms with van der Waals surface area (Å²) < 4.78 is 36.2. The number of nitrogens with zero attached hydrogens (tertiary/aromatic N) is 3. The number of aliphatic hydroxyl groups is 1. The smallest absolute Gasteiger partial charge is 0.434 e. The third-order valence-electron chi connectivity index (χ3n) is 5.15. The zero-order valence-electron chi connectivity index (χ0n) is 16.0. The maximum absolute atomic E-state index is 12.6. The Hall–Kier alpha value is -2.56. The van der Waals surface area contributed by atoms with Gasteiger partial charge in [-0.3, -0.25) is 4.90 Å². The zero-order chi connectivity index (χ0) is 21.1. The van der Waals surface area contributed by atoms with Gasteiger partial charge in [0, 0.05) is 25.2 Å². The highest BCUT2D eigenvalue weighted by molar-refractivity contribution is 7.13. The summed E-state index contributed by atoms with van der Waals surface area (Å²) in [6, 6.07) is 10.3. The van der Waals surface area contributed by atoms with Crippen LogP contribution in [0, 0.1) is 0 Å². The van der Waals surface area contributed by atoms with Crippen LogP contribution in [0.1, 0.15) is 18.4 Å². The van der Waals surface area contributed by atoms with E-state index in [4.69, 9.17) is 4.42 Å². The number of hydrogen-bond acceptors (Lipinski definition) is 7. The molecule has 30 heavy (non-hydrogen) atoms. The number of alkyl halides is 2. The summed E-state index contributed by atoms with van der Waals surface area (Å²) in [6.07, 6.45) is 0.830. The minimum absolute atomic E-state index is 0.0413. The maximum atomic E-state index is 12.6. The summed E-state index contributed by atoms with van der Waals surface area (Å²) in [6.45, 7) is -1.31. The Morgan fingerprint density at radius 3 is 2.70 bits per heavy atom. The molecule has 1 aliphatic heterocycles. The summed E-state index contributed by atoms with van der Waals surface area (Å²) in [4.78, 5) is 14.9. The quantitative estimate of drug-likeness (QED) is 0.612. The fourth-order valence-corrected chi connectivity index (χ4v) is 4.20. The van der Waals surface area contributed by atoms with Crippen molar-refractivity contribution in [3.05, 3.63) is 57.9 Å². The molecule has 2 aromatic heterocycles. The number of aromatic nitrogens is 2. The minimum Gasteiger partial charge on any atom is -0.434 e. The van der Waals surface area contributed by atoms with Gasteiger partial charge in [0.05, 0.1) is 17.0 Å². The molecule has 1 aliphatic rings. The van der Waals surface area contributed by atoms with Gasteiger partial charge in [0.1, 0.15) is 5.75 Å². The lowest BCUT2D eigenvalue weighted by molar-refractivity contribution is -0.0520. The molecule has 0 saturated carbocycles. The predicted octanol–water partition coefficient (Wildman–Crippen LogP) is 3.19. The Morgan fingerprint density at radius 2 is 2.00 bits per heavy atom. The molecular formula is C20H21F2N3O4S. The number of thiophene rings is 1. The van der Waals surface area contributed by atoms with Gasteiger partial charge in [-0.15, -0.1) is 16.4 Å². The van der Waals surface area contributed by atoms with Crippen LogP contribution in [0.2, 0.25) is 0 Å². The summed E-state index contributed by atoms with van der Waals surface area (Å²) in [5.74, 6) is -0.206. The molecule has 1 fully saturated rings. The number of halogens is 2. The predicted molar refractivity (Wildman–Crippen MR) is 107 cm³/mol. The second-order valence-corrected chi connectivity index (χ2v) is 8.24. The average molecular weight is 437 g/mol. The van der Waals surface area contributed by atoms with Crippen molar-refractivity contribution < 1.29 is 23.0 Å². The Balaban J connectivity index is 1.38.